The van der Waals surface area contributed by atoms with Gasteiger partial charge < -0.3 is 19.4 Å². The van der Waals surface area contributed by atoms with Gasteiger partial charge in [-0.2, -0.15) is 5.26 Å². The topological polar surface area (TPSA) is 108 Å². The third-order valence-corrected chi connectivity index (χ3v) is 4.80. The van der Waals surface area contributed by atoms with Crippen LogP contribution >= 0.6 is 11.3 Å². The van der Waals surface area contributed by atoms with Gasteiger partial charge in [0.1, 0.15) is 10.5 Å². The number of aromatic nitrogens is 2. The highest BCUT2D eigenvalue weighted by Gasteiger charge is 2.15. The zero-order valence-corrected chi connectivity index (χ0v) is 16.2. The SMILES string of the molecule is CCOc1cc(C#N)ccc1OCC(=O)N(C)Cc1nc2ccsc2c(=O)[nH]1. The lowest BCUT2D eigenvalue weighted by Gasteiger charge is -2.18. The van der Waals surface area contributed by atoms with E-state index < -0.39 is 0 Å². The third-order valence-electron chi connectivity index (χ3n) is 3.90. The number of thiophene rings is 1. The van der Waals surface area contributed by atoms with Gasteiger partial charge in [-0.1, -0.05) is 0 Å². The average molecular weight is 398 g/mol. The largest absolute Gasteiger partial charge is 0.490 e. The molecule has 9 heteroatoms. The van der Waals surface area contributed by atoms with Crippen LogP contribution in [0, 0.1) is 11.3 Å². The van der Waals surface area contributed by atoms with E-state index in [1.54, 1.807) is 36.7 Å². The van der Waals surface area contributed by atoms with Gasteiger partial charge in [-0.05, 0) is 30.5 Å². The van der Waals surface area contributed by atoms with Crippen molar-refractivity contribution in [3.8, 4) is 17.6 Å². The van der Waals surface area contributed by atoms with Gasteiger partial charge in [-0.15, -0.1) is 11.3 Å². The maximum atomic E-state index is 12.4. The zero-order chi connectivity index (χ0) is 20.1. The summed E-state index contributed by atoms with van der Waals surface area (Å²) in [6, 6.07) is 8.56. The molecule has 8 nitrogen and oxygen atoms in total. The summed E-state index contributed by atoms with van der Waals surface area (Å²) in [6.07, 6.45) is 0. The van der Waals surface area contributed by atoms with Crippen molar-refractivity contribution in [2.75, 3.05) is 20.3 Å². The minimum Gasteiger partial charge on any atom is -0.490 e. The van der Waals surface area contributed by atoms with Gasteiger partial charge in [-0.25, -0.2) is 4.98 Å². The Hall–Kier alpha value is -3.38. The number of hydrogen-bond acceptors (Lipinski definition) is 7. The molecular weight excluding hydrogens is 380 g/mol. The van der Waals surface area contributed by atoms with E-state index in [2.05, 4.69) is 9.97 Å². The average Bonchev–Trinajstić information content (AvgIpc) is 3.16. The molecule has 144 valence electrons. The Morgan fingerprint density at radius 3 is 2.89 bits per heavy atom. The van der Waals surface area contributed by atoms with E-state index >= 15 is 0 Å². The first-order chi connectivity index (χ1) is 13.5. The zero-order valence-electron chi connectivity index (χ0n) is 15.4. The fourth-order valence-electron chi connectivity index (χ4n) is 2.52. The predicted molar refractivity (Wildman–Crippen MR) is 105 cm³/mol. The van der Waals surface area contributed by atoms with Crippen LogP contribution in [0.15, 0.2) is 34.4 Å². The molecule has 1 N–H and O–H groups in total. The van der Waals surface area contributed by atoms with E-state index in [0.29, 0.717) is 39.7 Å². The second-order valence-corrected chi connectivity index (χ2v) is 6.81. The summed E-state index contributed by atoms with van der Waals surface area (Å²) in [5, 5.41) is 10.8. The Balaban J connectivity index is 1.66. The van der Waals surface area contributed by atoms with Crippen molar-refractivity contribution < 1.29 is 14.3 Å². The Bertz CT molecular complexity index is 1100. The first-order valence-corrected chi connectivity index (χ1v) is 9.40. The molecule has 3 rings (SSSR count). The number of H-pyrrole nitrogens is 1. The van der Waals surface area contributed by atoms with E-state index in [0.717, 1.165) is 0 Å². The van der Waals surface area contributed by atoms with E-state index in [4.69, 9.17) is 14.7 Å². The number of benzene rings is 1. The molecule has 0 aliphatic carbocycles. The Labute approximate surface area is 165 Å². The van der Waals surface area contributed by atoms with Crippen molar-refractivity contribution in [2.24, 2.45) is 0 Å². The maximum Gasteiger partial charge on any atom is 0.268 e. The molecular formula is C19H18N4O4S. The highest BCUT2D eigenvalue weighted by Crippen LogP contribution is 2.28. The van der Waals surface area contributed by atoms with Crippen LogP contribution in [0.5, 0.6) is 11.5 Å². The quantitative estimate of drug-likeness (QED) is 0.654. The number of nitriles is 1. The molecule has 0 fully saturated rings. The number of carbonyl (C=O) groups is 1. The summed E-state index contributed by atoms with van der Waals surface area (Å²) in [6.45, 7) is 2.16. The maximum absolute atomic E-state index is 12.4. The molecule has 0 aliphatic heterocycles. The molecule has 0 bridgehead atoms. The lowest BCUT2D eigenvalue weighted by atomic mass is 10.2. The molecule has 0 spiro atoms. The van der Waals surface area contributed by atoms with Gasteiger partial charge in [0, 0.05) is 13.1 Å². The first-order valence-electron chi connectivity index (χ1n) is 8.52. The van der Waals surface area contributed by atoms with Crippen molar-refractivity contribution in [3.63, 3.8) is 0 Å². The van der Waals surface area contributed by atoms with Crippen LogP contribution in [0.25, 0.3) is 10.2 Å². The fourth-order valence-corrected chi connectivity index (χ4v) is 3.25. The Morgan fingerprint density at radius 1 is 1.32 bits per heavy atom. The Morgan fingerprint density at radius 2 is 2.14 bits per heavy atom. The number of hydrogen-bond donors (Lipinski definition) is 1. The van der Waals surface area contributed by atoms with Gasteiger partial charge in [0.2, 0.25) is 0 Å². The van der Waals surface area contributed by atoms with Crippen molar-refractivity contribution in [1.29, 1.82) is 5.26 Å². The van der Waals surface area contributed by atoms with Crippen molar-refractivity contribution >= 4 is 27.5 Å². The second kappa shape index (κ2) is 8.54. The molecule has 2 heterocycles. The summed E-state index contributed by atoms with van der Waals surface area (Å²) in [5.74, 6) is 0.903. The molecule has 0 radical (unpaired) electrons. The van der Waals surface area contributed by atoms with E-state index in [9.17, 15) is 9.59 Å². The lowest BCUT2D eigenvalue weighted by Crippen LogP contribution is -2.32. The van der Waals surface area contributed by atoms with Crippen molar-refractivity contribution in [3.05, 3.63) is 51.4 Å². The second-order valence-electron chi connectivity index (χ2n) is 5.89. The molecule has 1 aromatic carbocycles. The van der Waals surface area contributed by atoms with Crippen LogP contribution in [0.2, 0.25) is 0 Å². The lowest BCUT2D eigenvalue weighted by molar-refractivity contribution is -0.132. The molecule has 1 amide bonds. The normalized spacial score (nSPS) is 10.5. The van der Waals surface area contributed by atoms with Crippen LogP contribution in [-0.2, 0) is 11.3 Å². The number of aromatic amines is 1. The number of ether oxygens (including phenoxy) is 2. The van der Waals surface area contributed by atoms with E-state index in [1.807, 2.05) is 13.0 Å². The summed E-state index contributed by atoms with van der Waals surface area (Å²) < 4.78 is 11.6. The smallest absolute Gasteiger partial charge is 0.268 e. The number of fused-ring (bicyclic) bond motifs is 1. The van der Waals surface area contributed by atoms with Gasteiger partial charge in [0.25, 0.3) is 11.5 Å². The summed E-state index contributed by atoms with van der Waals surface area (Å²) in [5.41, 5.74) is 0.837. The van der Waals surface area contributed by atoms with Crippen LogP contribution in [0.3, 0.4) is 0 Å². The van der Waals surface area contributed by atoms with Crippen molar-refractivity contribution in [2.45, 2.75) is 13.5 Å². The molecule has 0 atom stereocenters. The van der Waals surface area contributed by atoms with Crippen LogP contribution in [0.1, 0.15) is 18.3 Å². The van der Waals surface area contributed by atoms with Crippen LogP contribution in [0.4, 0.5) is 0 Å². The number of amides is 1. The van der Waals surface area contributed by atoms with Gasteiger partial charge in [0.05, 0.1) is 30.3 Å². The highest BCUT2D eigenvalue weighted by molar-refractivity contribution is 7.17. The minimum atomic E-state index is -0.292. The fraction of sp³-hybridized carbons (Fsp3) is 0.263. The third kappa shape index (κ3) is 4.29. The number of rotatable bonds is 7. The van der Waals surface area contributed by atoms with Crippen LogP contribution < -0.4 is 15.0 Å². The monoisotopic (exact) mass is 398 g/mol. The summed E-state index contributed by atoms with van der Waals surface area (Å²) >= 11 is 1.32. The Kier molecular flexibility index (Phi) is 5.91. The first kappa shape index (κ1) is 19.4. The predicted octanol–water partition coefficient (Wildman–Crippen LogP) is 2.29. The number of nitrogens with one attached hydrogen (secondary N) is 1. The summed E-state index contributed by atoms with van der Waals surface area (Å²) in [4.78, 5) is 32.9. The number of likely N-dealkylation sites (N-methyl/N-ethyl adjacent to an activating group) is 1. The number of nitrogens with zero attached hydrogens (tertiary/aromatic N) is 3. The van der Waals surface area contributed by atoms with E-state index in [-0.39, 0.29) is 24.6 Å². The van der Waals surface area contributed by atoms with Crippen LogP contribution in [-0.4, -0.2) is 41.0 Å². The van der Waals surface area contributed by atoms with Gasteiger partial charge in [0.15, 0.2) is 18.1 Å². The molecule has 0 unspecified atom stereocenters. The van der Waals surface area contributed by atoms with Crippen molar-refractivity contribution in [1.82, 2.24) is 14.9 Å². The standard InChI is InChI=1S/C19H18N4O4S/c1-3-26-15-8-12(9-20)4-5-14(15)27-11-17(24)23(2)10-16-21-13-6-7-28-18(13)19(25)22-16/h4-8H,3,10-11H2,1-2H3,(H,21,22,25). The highest BCUT2D eigenvalue weighted by atomic mass is 32.1. The number of carbonyl (C=O) groups excluding carboxylic acids is 1. The minimum absolute atomic E-state index is 0.148. The van der Waals surface area contributed by atoms with Gasteiger partial charge >= 0.3 is 0 Å². The molecule has 0 aliphatic rings. The van der Waals surface area contributed by atoms with E-state index in [1.165, 1.54) is 16.2 Å². The molecule has 28 heavy (non-hydrogen) atoms. The molecule has 0 saturated heterocycles. The molecule has 0 saturated carbocycles. The van der Waals surface area contributed by atoms with Gasteiger partial charge in [-0.3, -0.25) is 9.59 Å². The molecule has 3 aromatic rings. The molecule has 2 aromatic heterocycles. The summed E-state index contributed by atoms with van der Waals surface area (Å²) in [7, 11) is 1.60.